The van der Waals surface area contributed by atoms with Gasteiger partial charge in [-0.1, -0.05) is 81.1 Å². The molecule has 2 aliphatic rings. The zero-order valence-electron chi connectivity index (χ0n) is 18.6. The summed E-state index contributed by atoms with van der Waals surface area (Å²) in [5.41, 5.74) is 4.06. The Hall–Kier alpha value is -3.06. The van der Waals surface area contributed by atoms with Crippen molar-refractivity contribution in [2.45, 2.75) is 70.1 Å². The molecule has 1 aromatic heterocycles. The molecule has 5 rings (SSSR count). The maximum atomic E-state index is 13.0. The number of carbonyl (C=O) groups excluding carboxylic acids is 1. The highest BCUT2D eigenvalue weighted by atomic mass is 16.2. The molecular formula is C25H30N6O. The number of carbonyl (C=O) groups is 1. The number of unbranched alkanes of at least 4 members (excludes halogenated alkanes) is 1. The van der Waals surface area contributed by atoms with E-state index in [2.05, 4.69) is 68.1 Å². The fourth-order valence-electron chi connectivity index (χ4n) is 5.35. The molecule has 2 fully saturated rings. The van der Waals surface area contributed by atoms with E-state index in [9.17, 15) is 4.79 Å². The van der Waals surface area contributed by atoms with Crippen molar-refractivity contribution in [1.82, 2.24) is 30.8 Å². The second-order valence-corrected chi connectivity index (χ2v) is 8.98. The zero-order chi connectivity index (χ0) is 22.0. The largest absolute Gasteiger partial charge is 0.339 e. The van der Waals surface area contributed by atoms with Crippen LogP contribution in [-0.4, -0.2) is 43.1 Å². The lowest BCUT2D eigenvalue weighted by Gasteiger charge is -2.35. The van der Waals surface area contributed by atoms with E-state index in [0.29, 0.717) is 5.82 Å². The Morgan fingerprint density at radius 3 is 2.50 bits per heavy atom. The molecule has 1 spiro atoms. The van der Waals surface area contributed by atoms with Crippen molar-refractivity contribution in [3.05, 3.63) is 54.1 Å². The predicted octanol–water partition coefficient (Wildman–Crippen LogP) is 4.29. The van der Waals surface area contributed by atoms with Crippen molar-refractivity contribution in [3.63, 3.8) is 0 Å². The van der Waals surface area contributed by atoms with E-state index < -0.39 is 0 Å². The highest BCUT2D eigenvalue weighted by Gasteiger charge is 2.53. The van der Waals surface area contributed by atoms with E-state index in [-0.39, 0.29) is 17.6 Å². The van der Waals surface area contributed by atoms with Crippen molar-refractivity contribution < 1.29 is 4.79 Å². The van der Waals surface area contributed by atoms with Gasteiger partial charge in [-0.05, 0) is 41.2 Å². The molecule has 1 amide bonds. The molecule has 7 nitrogen and oxygen atoms in total. The van der Waals surface area contributed by atoms with Gasteiger partial charge in [-0.3, -0.25) is 9.69 Å². The van der Waals surface area contributed by atoms with Crippen LogP contribution in [0.5, 0.6) is 0 Å². The van der Waals surface area contributed by atoms with Gasteiger partial charge in [0, 0.05) is 12.1 Å². The van der Waals surface area contributed by atoms with Gasteiger partial charge in [0.25, 0.3) is 0 Å². The first-order valence-corrected chi connectivity index (χ1v) is 11.7. The molecule has 2 heterocycles. The van der Waals surface area contributed by atoms with Crippen LogP contribution in [0, 0.1) is 0 Å². The van der Waals surface area contributed by atoms with Crippen LogP contribution in [0.2, 0.25) is 0 Å². The normalized spacial score (nSPS) is 20.2. The topological polar surface area (TPSA) is 86.8 Å². The number of nitrogens with zero attached hydrogens (tertiary/aromatic N) is 4. The van der Waals surface area contributed by atoms with Crippen LogP contribution in [0.25, 0.3) is 22.5 Å². The summed E-state index contributed by atoms with van der Waals surface area (Å²) in [5, 5.41) is 17.8. The van der Waals surface area contributed by atoms with Crippen LogP contribution in [0.3, 0.4) is 0 Å². The first-order chi connectivity index (χ1) is 15.7. The average molecular weight is 431 g/mol. The fraction of sp³-hybridized carbons (Fsp3) is 0.440. The van der Waals surface area contributed by atoms with Crippen LogP contribution < -0.4 is 5.32 Å². The van der Waals surface area contributed by atoms with Gasteiger partial charge in [0.1, 0.15) is 5.54 Å². The Balaban J connectivity index is 1.40. The van der Waals surface area contributed by atoms with Gasteiger partial charge in [0.2, 0.25) is 11.7 Å². The zero-order valence-corrected chi connectivity index (χ0v) is 18.6. The Morgan fingerprint density at radius 1 is 1.06 bits per heavy atom. The summed E-state index contributed by atoms with van der Waals surface area (Å²) in [7, 11) is 0. The first-order valence-electron chi connectivity index (χ1n) is 11.7. The third kappa shape index (κ3) is 3.71. The molecule has 166 valence electrons. The average Bonchev–Trinajstić information content (AvgIpc) is 3.58. The number of benzene rings is 2. The summed E-state index contributed by atoms with van der Waals surface area (Å²) in [6.07, 6.45) is 7.63. The minimum Gasteiger partial charge on any atom is -0.339 e. The van der Waals surface area contributed by atoms with Gasteiger partial charge in [-0.2, -0.15) is 5.21 Å². The highest BCUT2D eigenvalue weighted by Crippen LogP contribution is 2.42. The van der Waals surface area contributed by atoms with Crippen molar-refractivity contribution in [3.8, 4) is 22.5 Å². The number of H-pyrrole nitrogens is 1. The molecule has 3 aromatic rings. The van der Waals surface area contributed by atoms with E-state index >= 15 is 0 Å². The molecule has 1 atom stereocenters. The summed E-state index contributed by atoms with van der Waals surface area (Å²) in [6.45, 7) is 3.00. The molecule has 1 saturated heterocycles. The fourth-order valence-corrected chi connectivity index (χ4v) is 5.35. The lowest BCUT2D eigenvalue weighted by atomic mass is 9.94. The number of amides is 1. The molecule has 1 unspecified atom stereocenters. The molecule has 1 aliphatic carbocycles. The van der Waals surface area contributed by atoms with Crippen LogP contribution in [-0.2, 0) is 11.3 Å². The molecule has 1 aliphatic heterocycles. The molecule has 32 heavy (non-hydrogen) atoms. The van der Waals surface area contributed by atoms with Crippen LogP contribution >= 0.6 is 0 Å². The van der Waals surface area contributed by atoms with Gasteiger partial charge < -0.3 is 5.32 Å². The van der Waals surface area contributed by atoms with Crippen LogP contribution in [0.15, 0.2) is 48.5 Å². The number of hydrogen-bond acceptors (Lipinski definition) is 5. The van der Waals surface area contributed by atoms with E-state index in [1.165, 1.54) is 5.56 Å². The molecule has 0 bridgehead atoms. The molecule has 2 aromatic carbocycles. The monoisotopic (exact) mass is 430 g/mol. The molecule has 1 saturated carbocycles. The maximum Gasteiger partial charge on any atom is 0.241 e. The summed E-state index contributed by atoms with van der Waals surface area (Å²) in [6, 6.07) is 16.8. The SMILES string of the molecule is CCCCC1NC(=O)C2(CCCC2)N1Cc1ccc(-c2ccccc2-c2nn[nH]n2)cc1. The maximum absolute atomic E-state index is 13.0. The summed E-state index contributed by atoms with van der Waals surface area (Å²) >= 11 is 0. The van der Waals surface area contributed by atoms with Crippen molar-refractivity contribution in [2.75, 3.05) is 0 Å². The number of tetrazole rings is 1. The standard InChI is InChI=1S/C25H30N6O/c1-2-3-10-22-26-24(32)25(15-6-7-16-25)31(22)17-18-11-13-19(14-12-18)20-8-4-5-9-21(20)23-27-29-30-28-23/h4-5,8-9,11-14,22H,2-3,6-7,10,15-17H2,1H3,(H,26,32)(H,27,28,29,30). The number of aromatic nitrogens is 4. The third-order valence-electron chi connectivity index (χ3n) is 7.04. The lowest BCUT2D eigenvalue weighted by molar-refractivity contribution is -0.126. The van der Waals surface area contributed by atoms with E-state index in [0.717, 1.165) is 68.2 Å². The van der Waals surface area contributed by atoms with Gasteiger partial charge >= 0.3 is 0 Å². The van der Waals surface area contributed by atoms with Crippen LogP contribution in [0.1, 0.15) is 57.4 Å². The Kier molecular flexibility index (Phi) is 5.74. The minimum absolute atomic E-state index is 0.138. The molecular weight excluding hydrogens is 400 g/mol. The molecule has 2 N–H and O–H groups in total. The quantitative estimate of drug-likeness (QED) is 0.584. The lowest BCUT2D eigenvalue weighted by Crippen LogP contribution is -2.48. The Morgan fingerprint density at radius 2 is 1.81 bits per heavy atom. The summed E-state index contributed by atoms with van der Waals surface area (Å²) in [5.74, 6) is 0.829. The van der Waals surface area contributed by atoms with Crippen molar-refractivity contribution >= 4 is 5.91 Å². The van der Waals surface area contributed by atoms with Gasteiger partial charge in [-0.15, -0.1) is 10.2 Å². The second kappa shape index (κ2) is 8.82. The number of rotatable bonds is 7. The van der Waals surface area contributed by atoms with Gasteiger partial charge in [0.05, 0.1) is 6.17 Å². The summed E-state index contributed by atoms with van der Waals surface area (Å²) < 4.78 is 0. The number of aromatic amines is 1. The highest BCUT2D eigenvalue weighted by molar-refractivity contribution is 5.89. The molecule has 0 radical (unpaired) electrons. The van der Waals surface area contributed by atoms with Crippen molar-refractivity contribution in [2.24, 2.45) is 0 Å². The summed E-state index contributed by atoms with van der Waals surface area (Å²) in [4.78, 5) is 15.4. The second-order valence-electron chi connectivity index (χ2n) is 8.98. The van der Waals surface area contributed by atoms with E-state index in [1.54, 1.807) is 0 Å². The van der Waals surface area contributed by atoms with E-state index in [4.69, 9.17) is 0 Å². The first kappa shape index (κ1) is 20.8. The third-order valence-corrected chi connectivity index (χ3v) is 7.04. The van der Waals surface area contributed by atoms with Crippen LogP contribution in [0.4, 0.5) is 0 Å². The Bertz CT molecular complexity index is 1060. The smallest absolute Gasteiger partial charge is 0.241 e. The predicted molar refractivity (Wildman–Crippen MR) is 123 cm³/mol. The van der Waals surface area contributed by atoms with Gasteiger partial charge in [0.15, 0.2) is 0 Å². The number of hydrogen-bond donors (Lipinski definition) is 2. The van der Waals surface area contributed by atoms with Crippen molar-refractivity contribution in [1.29, 1.82) is 0 Å². The Labute approximate surface area is 188 Å². The molecule has 7 heteroatoms. The minimum atomic E-state index is -0.317. The van der Waals surface area contributed by atoms with Gasteiger partial charge in [-0.25, -0.2) is 0 Å². The number of nitrogens with one attached hydrogen (secondary N) is 2. The van der Waals surface area contributed by atoms with E-state index in [1.807, 2.05) is 18.2 Å².